The lowest BCUT2D eigenvalue weighted by Crippen LogP contribution is -2.25. The Bertz CT molecular complexity index is 3780. The molecule has 4 unspecified atom stereocenters. The maximum absolute atomic E-state index is 5.70. The summed E-state index contributed by atoms with van der Waals surface area (Å²) in [5.74, 6) is 5.66. The molecule has 11 aromatic rings. The lowest BCUT2D eigenvalue weighted by molar-refractivity contribution is 0.165. The van der Waals surface area contributed by atoms with Crippen LogP contribution in [0.25, 0.3) is 98.4 Å². The largest absolute Gasteiger partial charge is 0.306 e. The summed E-state index contributed by atoms with van der Waals surface area (Å²) in [7, 11) is 0. The Labute approximate surface area is 410 Å². The average molecular weight is 911 g/mol. The van der Waals surface area contributed by atoms with Crippen molar-refractivity contribution in [3.8, 4) is 22.3 Å². The minimum absolute atomic E-state index is 0.0557. The highest BCUT2D eigenvalue weighted by molar-refractivity contribution is 6.38. The predicted molar refractivity (Wildman–Crippen MR) is 291 cm³/mol. The van der Waals surface area contributed by atoms with Crippen molar-refractivity contribution in [2.45, 2.75) is 140 Å². The molecule has 4 saturated carbocycles. The van der Waals surface area contributed by atoms with Gasteiger partial charge in [-0.1, -0.05) is 102 Å². The van der Waals surface area contributed by atoms with Crippen LogP contribution in [0, 0.1) is 23.7 Å². The highest BCUT2D eigenvalue weighted by Gasteiger charge is 2.46. The molecule has 4 atom stereocenters. The SMILES string of the molecule is CC(C)(C)c1cc2c3c4c(ncc3n3c5c(-c6ccccc6)c6c7cc(C(C)(C)C)cc8c9c%10c(ncc9n(c6c(-c6ccccc6)c5c(c1)c23)c87)C1CC2CC(C1)CC%10C2)C1CC2CC(C1)CC4C2. The lowest BCUT2D eigenvalue weighted by atomic mass is 9.67. The molecule has 8 aliphatic carbocycles. The van der Waals surface area contributed by atoms with Crippen LogP contribution in [0.2, 0.25) is 0 Å². The van der Waals surface area contributed by atoms with Gasteiger partial charge in [0.2, 0.25) is 0 Å². The zero-order chi connectivity index (χ0) is 46.4. The van der Waals surface area contributed by atoms with Gasteiger partial charge in [-0.2, -0.15) is 0 Å². The highest BCUT2D eigenvalue weighted by atomic mass is 15.0. The molecule has 0 spiro atoms. The molecule has 8 aliphatic rings. The number of hydrogen-bond donors (Lipinski definition) is 0. The van der Waals surface area contributed by atoms with E-state index < -0.39 is 0 Å². The quantitative estimate of drug-likeness (QED) is 0.173. The standard InChI is InChI=1S/C66H62N4/c1-65(2,3)43-27-45-55-49(31-67-59-41-23-33-17-34(24-41)20-39(19-33)51(55)59)69-61(45)47(29-43)57-53(37-13-9-7-10-14-37)64-58(54(63(57)69)38-15-11-8-12-16-38)48-30-44(66(4,5)6)28-46-56-50(70(64)62(46)48)32-68-60-42-25-35-18-36(26-42)22-40(21-35)52(56)60/h7-16,27-36,39-42H,17-26H2,1-6H3. The molecule has 0 N–H and O–H groups in total. The van der Waals surface area contributed by atoms with Crippen molar-refractivity contribution < 1.29 is 0 Å². The van der Waals surface area contributed by atoms with Crippen molar-refractivity contribution in [3.63, 3.8) is 0 Å². The second-order valence-corrected chi connectivity index (χ2v) is 26.2. The molecule has 0 aliphatic heterocycles. The molecule has 6 heterocycles. The molecule has 0 saturated heterocycles. The third kappa shape index (κ3) is 4.94. The summed E-state index contributed by atoms with van der Waals surface area (Å²) < 4.78 is 5.51. The van der Waals surface area contributed by atoms with Gasteiger partial charge in [-0.05, 0) is 168 Å². The van der Waals surface area contributed by atoms with Gasteiger partial charge in [0.1, 0.15) is 0 Å². The number of rotatable bonds is 2. The topological polar surface area (TPSA) is 34.6 Å². The van der Waals surface area contributed by atoms with Crippen LogP contribution in [0.5, 0.6) is 0 Å². The van der Waals surface area contributed by atoms with Crippen molar-refractivity contribution in [3.05, 3.63) is 131 Å². The lowest BCUT2D eigenvalue weighted by Gasteiger charge is -2.38. The number of pyridine rings is 2. The van der Waals surface area contributed by atoms with Gasteiger partial charge < -0.3 is 8.80 Å². The monoisotopic (exact) mass is 910 g/mol. The minimum atomic E-state index is -0.0557. The van der Waals surface area contributed by atoms with Gasteiger partial charge in [0.15, 0.2) is 0 Å². The first-order valence-electron chi connectivity index (χ1n) is 27.3. The summed E-state index contributed by atoms with van der Waals surface area (Å²) in [6.07, 6.45) is 18.1. The van der Waals surface area contributed by atoms with E-state index in [0.717, 1.165) is 23.7 Å². The first-order valence-corrected chi connectivity index (χ1v) is 27.3. The second kappa shape index (κ2) is 13.1. The molecule has 4 fully saturated rings. The Morgan fingerprint density at radius 2 is 0.743 bits per heavy atom. The van der Waals surface area contributed by atoms with Crippen LogP contribution < -0.4 is 0 Å². The van der Waals surface area contributed by atoms with Crippen molar-refractivity contribution in [2.75, 3.05) is 0 Å². The van der Waals surface area contributed by atoms with Crippen molar-refractivity contribution in [1.82, 2.24) is 18.8 Å². The molecule has 70 heavy (non-hydrogen) atoms. The minimum Gasteiger partial charge on any atom is -0.306 e. The number of benzene rings is 5. The van der Waals surface area contributed by atoms with E-state index in [4.69, 9.17) is 9.97 Å². The maximum atomic E-state index is 5.70. The third-order valence-electron chi connectivity index (χ3n) is 20.1. The van der Waals surface area contributed by atoms with E-state index in [2.05, 4.69) is 148 Å². The van der Waals surface area contributed by atoms with Gasteiger partial charge in [0, 0.05) is 77.4 Å². The van der Waals surface area contributed by atoms with Crippen molar-refractivity contribution in [2.24, 2.45) is 23.7 Å². The summed E-state index contributed by atoms with van der Waals surface area (Å²) in [4.78, 5) is 11.4. The fourth-order valence-electron chi connectivity index (χ4n) is 17.6. The van der Waals surface area contributed by atoms with Crippen LogP contribution in [0.4, 0.5) is 0 Å². The van der Waals surface area contributed by atoms with E-state index in [9.17, 15) is 0 Å². The van der Waals surface area contributed by atoms with Crippen LogP contribution in [-0.2, 0) is 10.8 Å². The van der Waals surface area contributed by atoms with Crippen molar-refractivity contribution in [1.29, 1.82) is 0 Å². The zero-order valence-electron chi connectivity index (χ0n) is 41.7. The number of aromatic nitrogens is 4. The Balaban J connectivity index is 1.15. The molecule has 19 rings (SSSR count). The third-order valence-corrected chi connectivity index (χ3v) is 20.1. The Kier molecular flexibility index (Phi) is 7.42. The second-order valence-electron chi connectivity index (χ2n) is 26.2. The van der Waals surface area contributed by atoms with E-state index in [1.807, 2.05) is 0 Å². The fraction of sp³-hybridized carbons (Fsp3) is 0.394. The Morgan fingerprint density at radius 3 is 1.10 bits per heavy atom. The van der Waals surface area contributed by atoms with Crippen LogP contribution in [0.3, 0.4) is 0 Å². The van der Waals surface area contributed by atoms with Gasteiger partial charge in [0.05, 0.1) is 45.5 Å². The molecule has 5 aromatic carbocycles. The molecule has 346 valence electrons. The first kappa shape index (κ1) is 39.7. The first-order chi connectivity index (χ1) is 33.9. The Hall–Kier alpha value is -6.00. The van der Waals surface area contributed by atoms with E-state index in [1.165, 1.54) is 185 Å². The van der Waals surface area contributed by atoms with Crippen molar-refractivity contribution >= 4 is 76.2 Å². The van der Waals surface area contributed by atoms with E-state index in [-0.39, 0.29) is 10.8 Å². The van der Waals surface area contributed by atoms with Gasteiger partial charge >= 0.3 is 0 Å². The predicted octanol–water partition coefficient (Wildman–Crippen LogP) is 17.5. The zero-order valence-corrected chi connectivity index (χ0v) is 41.7. The molecule has 6 aromatic heterocycles. The molecular weight excluding hydrogens is 849 g/mol. The van der Waals surface area contributed by atoms with Crippen LogP contribution in [0.15, 0.2) is 97.3 Å². The van der Waals surface area contributed by atoms with Crippen LogP contribution >= 0.6 is 0 Å². The number of nitrogens with zero attached hydrogens (tertiary/aromatic N) is 4. The molecule has 4 heteroatoms. The summed E-state index contributed by atoms with van der Waals surface area (Å²) in [5.41, 5.74) is 22.0. The van der Waals surface area contributed by atoms with Gasteiger partial charge in [0.25, 0.3) is 0 Å². The van der Waals surface area contributed by atoms with Gasteiger partial charge in [-0.25, -0.2) is 0 Å². The normalized spacial score (nSPS) is 26.1. The number of fused-ring (bicyclic) bond motifs is 12. The smallest absolute Gasteiger partial charge is 0.0728 e. The molecule has 4 nitrogen and oxygen atoms in total. The molecule has 0 radical (unpaired) electrons. The van der Waals surface area contributed by atoms with E-state index in [1.54, 1.807) is 11.1 Å². The molecule has 8 bridgehead atoms. The number of hydrogen-bond acceptors (Lipinski definition) is 2. The summed E-state index contributed by atoms with van der Waals surface area (Å²) in [6.45, 7) is 14.6. The summed E-state index contributed by atoms with van der Waals surface area (Å²) >= 11 is 0. The maximum Gasteiger partial charge on any atom is 0.0728 e. The van der Waals surface area contributed by atoms with E-state index in [0.29, 0.717) is 23.7 Å². The van der Waals surface area contributed by atoms with Gasteiger partial charge in [-0.15, -0.1) is 0 Å². The van der Waals surface area contributed by atoms with E-state index >= 15 is 0 Å². The van der Waals surface area contributed by atoms with Gasteiger partial charge in [-0.3, -0.25) is 9.97 Å². The molecule has 0 amide bonds. The highest BCUT2D eigenvalue weighted by Crippen LogP contribution is 2.62. The molecular formula is C66H62N4. The van der Waals surface area contributed by atoms with Crippen LogP contribution in [-0.4, -0.2) is 18.8 Å². The average Bonchev–Trinajstić information content (AvgIpc) is 4.01. The summed E-state index contributed by atoms with van der Waals surface area (Å²) in [6, 6.07) is 33.5. The Morgan fingerprint density at radius 1 is 0.400 bits per heavy atom. The van der Waals surface area contributed by atoms with Crippen LogP contribution in [0.1, 0.15) is 163 Å². The fourth-order valence-corrected chi connectivity index (χ4v) is 17.6. The summed E-state index contributed by atoms with van der Waals surface area (Å²) in [5, 5.41) is 11.4.